The predicted molar refractivity (Wildman–Crippen MR) is 94.3 cm³/mol. The fourth-order valence-electron chi connectivity index (χ4n) is 2.01. The number of likely N-dealkylation sites (N-methyl/N-ethyl adjacent to an activating group) is 1. The molecule has 24 heavy (non-hydrogen) atoms. The zero-order chi connectivity index (χ0) is 18.4. The van der Waals surface area contributed by atoms with Gasteiger partial charge in [0.15, 0.2) is 0 Å². The Morgan fingerprint density at radius 3 is 2.33 bits per heavy atom. The van der Waals surface area contributed by atoms with Crippen molar-refractivity contribution in [3.05, 3.63) is 33.8 Å². The van der Waals surface area contributed by atoms with E-state index in [-0.39, 0.29) is 40.0 Å². The minimum absolute atomic E-state index is 0.0110. The van der Waals surface area contributed by atoms with Crippen LogP contribution in [-0.4, -0.2) is 48.3 Å². The molecule has 1 atom stereocenters. The van der Waals surface area contributed by atoms with Crippen LogP contribution in [-0.2, 0) is 9.59 Å². The van der Waals surface area contributed by atoms with Crippen LogP contribution in [0.5, 0.6) is 0 Å². The molecule has 0 radical (unpaired) electrons. The van der Waals surface area contributed by atoms with E-state index in [1.165, 1.54) is 24.9 Å². The van der Waals surface area contributed by atoms with Crippen LogP contribution in [0.15, 0.2) is 18.2 Å². The standard InChI is InChI=1S/C16H21Cl2N3O3/c1-9(2)19-13(22)8-21(4)16(24)10(3)20-15(23)11-6-5-7-12(17)14(11)18/h5-7,9-10H,8H2,1-4H3,(H,19,22)(H,20,23). The van der Waals surface area contributed by atoms with E-state index in [4.69, 9.17) is 23.2 Å². The lowest BCUT2D eigenvalue weighted by Crippen LogP contribution is -2.48. The van der Waals surface area contributed by atoms with Gasteiger partial charge in [0.1, 0.15) is 6.04 Å². The lowest BCUT2D eigenvalue weighted by atomic mass is 10.2. The summed E-state index contributed by atoms with van der Waals surface area (Å²) in [5.74, 6) is -1.17. The fraction of sp³-hybridized carbons (Fsp3) is 0.438. The van der Waals surface area contributed by atoms with Gasteiger partial charge in [0.25, 0.3) is 5.91 Å². The molecule has 0 bridgehead atoms. The van der Waals surface area contributed by atoms with Crippen LogP contribution in [0.2, 0.25) is 10.0 Å². The molecule has 0 aromatic heterocycles. The first-order chi connectivity index (χ1) is 11.1. The molecule has 0 heterocycles. The van der Waals surface area contributed by atoms with Crippen LogP contribution in [0.3, 0.4) is 0 Å². The van der Waals surface area contributed by atoms with E-state index in [1.54, 1.807) is 12.1 Å². The molecule has 1 unspecified atom stereocenters. The van der Waals surface area contributed by atoms with Gasteiger partial charge in [0.2, 0.25) is 11.8 Å². The second kappa shape index (κ2) is 8.89. The molecule has 0 spiro atoms. The number of halogens is 2. The highest BCUT2D eigenvalue weighted by atomic mass is 35.5. The minimum Gasteiger partial charge on any atom is -0.352 e. The Morgan fingerprint density at radius 2 is 1.75 bits per heavy atom. The molecule has 6 nitrogen and oxygen atoms in total. The van der Waals surface area contributed by atoms with Gasteiger partial charge in [-0.05, 0) is 32.9 Å². The summed E-state index contributed by atoms with van der Waals surface area (Å²) in [4.78, 5) is 37.4. The molecule has 0 saturated carbocycles. The zero-order valence-corrected chi connectivity index (χ0v) is 15.5. The van der Waals surface area contributed by atoms with Gasteiger partial charge in [-0.25, -0.2) is 0 Å². The molecule has 0 aliphatic rings. The maximum absolute atomic E-state index is 12.3. The van der Waals surface area contributed by atoms with Crippen molar-refractivity contribution < 1.29 is 14.4 Å². The molecule has 1 aromatic carbocycles. The van der Waals surface area contributed by atoms with Crippen LogP contribution < -0.4 is 10.6 Å². The monoisotopic (exact) mass is 373 g/mol. The van der Waals surface area contributed by atoms with Crippen molar-refractivity contribution in [3.8, 4) is 0 Å². The van der Waals surface area contributed by atoms with Crippen LogP contribution in [0.4, 0.5) is 0 Å². The third kappa shape index (κ3) is 5.69. The van der Waals surface area contributed by atoms with Crippen molar-refractivity contribution in [3.63, 3.8) is 0 Å². The van der Waals surface area contributed by atoms with E-state index in [0.29, 0.717) is 0 Å². The summed E-state index contributed by atoms with van der Waals surface area (Å²) in [6.07, 6.45) is 0. The Labute approximate surface area is 151 Å². The first kappa shape index (κ1) is 20.3. The van der Waals surface area contributed by atoms with Gasteiger partial charge in [0.05, 0.1) is 22.2 Å². The molecule has 3 amide bonds. The molecule has 1 rings (SSSR count). The van der Waals surface area contributed by atoms with Gasteiger partial charge >= 0.3 is 0 Å². The normalized spacial score (nSPS) is 11.8. The van der Waals surface area contributed by atoms with Crippen molar-refractivity contribution in [1.82, 2.24) is 15.5 Å². The summed E-state index contributed by atoms with van der Waals surface area (Å²) in [7, 11) is 1.50. The van der Waals surface area contributed by atoms with Crippen molar-refractivity contribution in [1.29, 1.82) is 0 Å². The van der Waals surface area contributed by atoms with Gasteiger partial charge in [-0.2, -0.15) is 0 Å². The Bertz CT molecular complexity index is 635. The maximum Gasteiger partial charge on any atom is 0.253 e. The fourth-order valence-corrected chi connectivity index (χ4v) is 2.39. The minimum atomic E-state index is -0.815. The molecule has 132 valence electrons. The first-order valence-electron chi connectivity index (χ1n) is 7.42. The Hall–Kier alpha value is -1.79. The van der Waals surface area contributed by atoms with Crippen LogP contribution in [0.25, 0.3) is 0 Å². The molecular formula is C16H21Cl2N3O3. The van der Waals surface area contributed by atoms with E-state index >= 15 is 0 Å². The summed E-state index contributed by atoms with van der Waals surface area (Å²) >= 11 is 11.9. The van der Waals surface area contributed by atoms with Crippen molar-refractivity contribution >= 4 is 40.9 Å². The number of nitrogens with one attached hydrogen (secondary N) is 2. The van der Waals surface area contributed by atoms with Crippen LogP contribution >= 0.6 is 23.2 Å². The number of amides is 3. The number of hydrogen-bond acceptors (Lipinski definition) is 3. The quantitative estimate of drug-likeness (QED) is 0.801. The Morgan fingerprint density at radius 1 is 1.12 bits per heavy atom. The summed E-state index contributed by atoms with van der Waals surface area (Å²) in [5, 5.41) is 5.63. The van der Waals surface area contributed by atoms with E-state index in [9.17, 15) is 14.4 Å². The highest BCUT2D eigenvalue weighted by Crippen LogP contribution is 2.25. The van der Waals surface area contributed by atoms with Gasteiger partial charge in [0, 0.05) is 13.1 Å². The number of carbonyl (C=O) groups excluding carboxylic acids is 3. The molecule has 1 aromatic rings. The van der Waals surface area contributed by atoms with Gasteiger partial charge in [-0.3, -0.25) is 14.4 Å². The zero-order valence-electron chi connectivity index (χ0n) is 14.0. The average Bonchev–Trinajstić information content (AvgIpc) is 2.47. The maximum atomic E-state index is 12.3. The second-order valence-corrected chi connectivity index (χ2v) is 6.50. The lowest BCUT2D eigenvalue weighted by Gasteiger charge is -2.22. The molecule has 2 N–H and O–H groups in total. The largest absolute Gasteiger partial charge is 0.352 e. The Balaban J connectivity index is 2.67. The summed E-state index contributed by atoms with van der Waals surface area (Å²) in [5.41, 5.74) is 0.184. The number of hydrogen-bond donors (Lipinski definition) is 2. The van der Waals surface area contributed by atoms with E-state index in [1.807, 2.05) is 13.8 Å². The molecule has 8 heteroatoms. The molecular weight excluding hydrogens is 353 g/mol. The highest BCUT2D eigenvalue weighted by molar-refractivity contribution is 6.43. The molecule has 0 fully saturated rings. The van der Waals surface area contributed by atoms with Gasteiger partial charge in [-0.1, -0.05) is 29.3 Å². The van der Waals surface area contributed by atoms with Crippen molar-refractivity contribution in [2.45, 2.75) is 32.9 Å². The number of carbonyl (C=O) groups is 3. The average molecular weight is 374 g/mol. The summed E-state index contributed by atoms with van der Waals surface area (Å²) < 4.78 is 0. The predicted octanol–water partition coefficient (Wildman–Crippen LogP) is 2.09. The van der Waals surface area contributed by atoms with Gasteiger partial charge in [-0.15, -0.1) is 0 Å². The van der Waals surface area contributed by atoms with Crippen LogP contribution in [0, 0.1) is 0 Å². The molecule has 0 saturated heterocycles. The van der Waals surface area contributed by atoms with E-state index in [0.717, 1.165) is 0 Å². The van der Waals surface area contributed by atoms with Crippen molar-refractivity contribution in [2.75, 3.05) is 13.6 Å². The number of benzene rings is 1. The number of rotatable bonds is 6. The number of nitrogens with zero attached hydrogens (tertiary/aromatic N) is 1. The van der Waals surface area contributed by atoms with E-state index in [2.05, 4.69) is 10.6 Å². The van der Waals surface area contributed by atoms with Crippen molar-refractivity contribution in [2.24, 2.45) is 0 Å². The second-order valence-electron chi connectivity index (χ2n) is 5.71. The Kier molecular flexibility index (Phi) is 7.51. The third-order valence-corrected chi connectivity index (χ3v) is 3.94. The molecule has 0 aliphatic carbocycles. The third-order valence-electron chi connectivity index (χ3n) is 3.12. The topological polar surface area (TPSA) is 78.5 Å². The summed E-state index contributed by atoms with van der Waals surface area (Å²) in [6, 6.07) is 3.85. The SMILES string of the molecule is CC(C)NC(=O)CN(C)C(=O)C(C)NC(=O)c1cccc(Cl)c1Cl. The van der Waals surface area contributed by atoms with Gasteiger partial charge < -0.3 is 15.5 Å². The molecule has 0 aliphatic heterocycles. The lowest BCUT2D eigenvalue weighted by molar-refractivity contribution is -0.136. The van der Waals surface area contributed by atoms with E-state index < -0.39 is 11.9 Å². The van der Waals surface area contributed by atoms with Crippen LogP contribution in [0.1, 0.15) is 31.1 Å². The highest BCUT2D eigenvalue weighted by Gasteiger charge is 2.23. The smallest absolute Gasteiger partial charge is 0.253 e. The first-order valence-corrected chi connectivity index (χ1v) is 8.18. The summed E-state index contributed by atoms with van der Waals surface area (Å²) in [6.45, 7) is 5.11.